The molecule has 15 rings (SSSR count). The first-order chi connectivity index (χ1) is 54.8. The Balaban J connectivity index is 1.10. The lowest BCUT2D eigenvalue weighted by Crippen LogP contribution is -2.25. The lowest BCUT2D eigenvalue weighted by Gasteiger charge is -2.36. The maximum atomic E-state index is 14.4. The van der Waals surface area contributed by atoms with E-state index in [1.165, 1.54) is 0 Å². The van der Waals surface area contributed by atoms with Crippen molar-refractivity contribution in [3.8, 4) is 23.0 Å². The summed E-state index contributed by atoms with van der Waals surface area (Å²) >= 11 is 1.70. The maximum Gasteiger partial charge on any atom is 0.123 e. The van der Waals surface area contributed by atoms with E-state index >= 15 is 0 Å². The van der Waals surface area contributed by atoms with Crippen molar-refractivity contribution in [1.82, 2.24) is 0 Å². The fourth-order valence-corrected chi connectivity index (χ4v) is 19.7. The van der Waals surface area contributed by atoms with Crippen molar-refractivity contribution in [2.45, 2.75) is 166 Å². The Bertz CT molecular complexity index is 5350. The van der Waals surface area contributed by atoms with E-state index in [0.717, 1.165) is 120 Å². The van der Waals surface area contributed by atoms with Crippen LogP contribution in [0.1, 0.15) is 245 Å². The predicted molar refractivity (Wildman–Crippen MR) is 482 cm³/mol. The standard InChI is InChI=1S/C110H108O4S/c1-103(2,71-43-25-17-26-44-71)79-63-87(97(111)91(67-79)107(9,10)75-51-33-21-34-52-75)95(88-64-80(104(3,4)72-45-27-18-28-46-72)68-92(98(88)112)108(11,12)76-53-35-22-36-54-76)85-61-41-59-83-84-60-42-62-86(102(84)115-101(83)85)96(89-65-81(105(5,6)73-47-29-19-30-48-73)69-93(99(89)113)109(13,14)77-55-37-23-38-56-77)90-66-82(106(7,8)74-49-31-20-32-50-74)70-94(100(90)114)110(15,16)78-57-39-24-40-58-78/h17-70,95-96,111-114H,1-16H3. The number of fused-ring (bicyclic) bond motifs is 3. The number of thiophene rings is 1. The third kappa shape index (κ3) is 13.9. The number of rotatable bonds is 22. The number of hydrogen-bond donors (Lipinski definition) is 4. The van der Waals surface area contributed by atoms with Gasteiger partial charge in [-0.15, -0.1) is 11.3 Å². The van der Waals surface area contributed by atoms with Gasteiger partial charge in [-0.3, -0.25) is 0 Å². The maximum absolute atomic E-state index is 14.4. The molecule has 0 aliphatic carbocycles. The van der Waals surface area contributed by atoms with Gasteiger partial charge in [0, 0.05) is 120 Å². The van der Waals surface area contributed by atoms with E-state index in [2.05, 4.69) is 414 Å². The van der Waals surface area contributed by atoms with Gasteiger partial charge in [0.05, 0.1) is 0 Å². The second kappa shape index (κ2) is 30.0. The lowest BCUT2D eigenvalue weighted by molar-refractivity contribution is 0.434. The van der Waals surface area contributed by atoms with Crippen LogP contribution in [0.15, 0.2) is 328 Å². The normalized spacial score (nSPS) is 12.8. The molecule has 14 aromatic carbocycles. The van der Waals surface area contributed by atoms with Crippen molar-refractivity contribution >= 4 is 31.5 Å². The molecule has 4 nitrogen and oxygen atoms in total. The Morgan fingerprint density at radius 3 is 0.539 bits per heavy atom. The molecule has 0 fully saturated rings. The van der Waals surface area contributed by atoms with Crippen LogP contribution in [0.25, 0.3) is 20.2 Å². The molecule has 0 unspecified atom stereocenters. The molecule has 0 aliphatic heterocycles. The first kappa shape index (κ1) is 78.8. The van der Waals surface area contributed by atoms with E-state index in [0.29, 0.717) is 22.3 Å². The Morgan fingerprint density at radius 1 is 0.183 bits per heavy atom. The van der Waals surface area contributed by atoms with E-state index in [4.69, 9.17) is 0 Å². The first-order valence-electron chi connectivity index (χ1n) is 40.7. The van der Waals surface area contributed by atoms with Gasteiger partial charge in [0.1, 0.15) is 23.0 Å². The average molecular weight is 1530 g/mol. The van der Waals surface area contributed by atoms with E-state index < -0.39 is 55.2 Å². The minimum Gasteiger partial charge on any atom is -0.507 e. The lowest BCUT2D eigenvalue weighted by atomic mass is 9.68. The summed E-state index contributed by atoms with van der Waals surface area (Å²) in [6.07, 6.45) is 0. The van der Waals surface area contributed by atoms with Crippen LogP contribution >= 0.6 is 11.3 Å². The van der Waals surface area contributed by atoms with Crippen molar-refractivity contribution in [3.05, 3.63) is 450 Å². The molecule has 0 saturated carbocycles. The third-order valence-electron chi connectivity index (χ3n) is 26.6. The number of phenols is 4. The summed E-state index contributed by atoms with van der Waals surface area (Å²) in [4.78, 5) is 0. The summed E-state index contributed by atoms with van der Waals surface area (Å²) in [6.45, 7) is 35.9. The molecule has 0 saturated heterocycles. The van der Waals surface area contributed by atoms with Crippen LogP contribution in [0.2, 0.25) is 0 Å². The van der Waals surface area contributed by atoms with Crippen molar-refractivity contribution in [2.24, 2.45) is 0 Å². The quantitative estimate of drug-likeness (QED) is 0.0510. The summed E-state index contributed by atoms with van der Waals surface area (Å²) in [5.41, 5.74) is 14.8. The van der Waals surface area contributed by atoms with Crippen LogP contribution in [0.5, 0.6) is 23.0 Å². The molecule has 0 atom stereocenters. The van der Waals surface area contributed by atoms with Crippen LogP contribution < -0.4 is 0 Å². The highest BCUT2D eigenvalue weighted by molar-refractivity contribution is 7.26. The molecule has 0 bridgehead atoms. The Labute approximate surface area is 686 Å². The zero-order valence-electron chi connectivity index (χ0n) is 69.5. The van der Waals surface area contributed by atoms with Crippen molar-refractivity contribution in [3.63, 3.8) is 0 Å². The molecule has 0 amide bonds. The number of phenolic OH excluding ortho intramolecular Hbond substituents is 4. The molecule has 1 aromatic heterocycles. The molecular formula is C110H108O4S. The van der Waals surface area contributed by atoms with Crippen molar-refractivity contribution in [1.29, 1.82) is 0 Å². The number of aromatic hydroxyl groups is 4. The molecule has 0 spiro atoms. The van der Waals surface area contributed by atoms with E-state index in [-0.39, 0.29) is 23.0 Å². The van der Waals surface area contributed by atoms with E-state index in [1.807, 2.05) is 24.3 Å². The zero-order chi connectivity index (χ0) is 81.4. The minimum atomic E-state index is -0.836. The second-order valence-electron chi connectivity index (χ2n) is 36.2. The van der Waals surface area contributed by atoms with Crippen LogP contribution in [-0.4, -0.2) is 20.4 Å². The fourth-order valence-electron chi connectivity index (χ4n) is 18.3. The molecular weight excluding hydrogens is 1420 g/mol. The van der Waals surface area contributed by atoms with Gasteiger partial charge >= 0.3 is 0 Å². The molecule has 5 heteroatoms. The topological polar surface area (TPSA) is 80.9 Å². The van der Waals surface area contributed by atoms with Gasteiger partial charge < -0.3 is 20.4 Å². The van der Waals surface area contributed by atoms with Gasteiger partial charge in [-0.2, -0.15) is 0 Å². The SMILES string of the molecule is CC(C)(c1ccccc1)c1cc(C(c2cc(C(C)(C)c3ccccc3)cc(C(C)(C)c3ccccc3)c2O)c2cccc3c2sc2c(C(c4cc(C(C)(C)c5ccccc5)cc(C(C)(C)c5ccccc5)c4O)c4cc(C(C)(C)c5ccccc5)cc(C(C)(C)c5ccccc5)c4O)cccc23)c(O)c(C(C)(C)c2ccccc2)c1. The van der Waals surface area contributed by atoms with E-state index in [9.17, 15) is 20.4 Å². The molecule has 15 aromatic rings. The molecule has 4 N–H and O–H groups in total. The third-order valence-corrected chi connectivity index (χ3v) is 27.9. The Hall–Kier alpha value is -11.5. The smallest absolute Gasteiger partial charge is 0.123 e. The molecule has 0 radical (unpaired) electrons. The zero-order valence-corrected chi connectivity index (χ0v) is 70.3. The van der Waals surface area contributed by atoms with Gasteiger partial charge in [0.15, 0.2) is 0 Å². The number of hydrogen-bond acceptors (Lipinski definition) is 5. The van der Waals surface area contributed by atoms with Crippen molar-refractivity contribution < 1.29 is 20.4 Å². The number of benzene rings is 14. The largest absolute Gasteiger partial charge is 0.507 e. The molecule has 115 heavy (non-hydrogen) atoms. The highest BCUT2D eigenvalue weighted by Crippen LogP contribution is 2.58. The van der Waals surface area contributed by atoms with E-state index in [1.54, 1.807) is 11.3 Å². The summed E-state index contributed by atoms with van der Waals surface area (Å²) < 4.78 is 1.92. The fraction of sp³-hybridized carbons (Fsp3) is 0.236. The van der Waals surface area contributed by atoms with Gasteiger partial charge in [-0.05, 0) is 77.9 Å². The Kier molecular flexibility index (Phi) is 20.6. The molecule has 1 heterocycles. The van der Waals surface area contributed by atoms with Crippen molar-refractivity contribution in [2.75, 3.05) is 0 Å². The molecule has 578 valence electrons. The highest BCUT2D eigenvalue weighted by Gasteiger charge is 2.43. The van der Waals surface area contributed by atoms with Gasteiger partial charge in [0.25, 0.3) is 0 Å². The van der Waals surface area contributed by atoms with Crippen LogP contribution in [-0.2, 0) is 43.3 Å². The minimum absolute atomic E-state index is 0.146. The Morgan fingerprint density at radius 2 is 0.357 bits per heavy atom. The van der Waals surface area contributed by atoms with Crippen LogP contribution in [0, 0.1) is 0 Å². The predicted octanol–water partition coefficient (Wildman–Crippen LogP) is 27.8. The van der Waals surface area contributed by atoms with Gasteiger partial charge in [-0.1, -0.05) is 438 Å². The van der Waals surface area contributed by atoms with Crippen LogP contribution in [0.3, 0.4) is 0 Å². The summed E-state index contributed by atoms with van der Waals surface area (Å²) in [5.74, 6) is -1.09. The molecule has 0 aliphatic rings. The van der Waals surface area contributed by atoms with Gasteiger partial charge in [0.2, 0.25) is 0 Å². The summed E-state index contributed by atoms with van der Waals surface area (Å²) in [7, 11) is 0. The first-order valence-corrected chi connectivity index (χ1v) is 41.5. The van der Waals surface area contributed by atoms with Crippen LogP contribution in [0.4, 0.5) is 0 Å². The van der Waals surface area contributed by atoms with Gasteiger partial charge in [-0.25, -0.2) is 0 Å². The monoisotopic (exact) mass is 1520 g/mol. The highest BCUT2D eigenvalue weighted by atomic mass is 32.1. The summed E-state index contributed by atoms with van der Waals surface area (Å²) in [6, 6.07) is 116. The average Bonchev–Trinajstić information content (AvgIpc) is 1.71. The summed E-state index contributed by atoms with van der Waals surface area (Å²) in [5, 5.41) is 59.4. The second-order valence-corrected chi connectivity index (χ2v) is 37.2.